The van der Waals surface area contributed by atoms with Gasteiger partial charge in [0.15, 0.2) is 9.84 Å². The van der Waals surface area contributed by atoms with Crippen LogP contribution in [0.3, 0.4) is 0 Å². The van der Waals surface area contributed by atoms with Gasteiger partial charge in [0.1, 0.15) is 0 Å². The highest BCUT2D eigenvalue weighted by atomic mass is 32.2. The molecule has 1 fully saturated rings. The quantitative estimate of drug-likeness (QED) is 0.863. The van der Waals surface area contributed by atoms with Crippen molar-refractivity contribution in [3.05, 3.63) is 35.9 Å². The molecule has 0 aromatic heterocycles. The highest BCUT2D eigenvalue weighted by Gasteiger charge is 2.27. The molecule has 2 rings (SSSR count). The predicted molar refractivity (Wildman–Crippen MR) is 92.1 cm³/mol. The first-order chi connectivity index (χ1) is 10.9. The Labute approximate surface area is 139 Å². The summed E-state index contributed by atoms with van der Waals surface area (Å²) in [4.78, 5) is 14.0. The zero-order chi connectivity index (χ0) is 16.9. The number of sulfone groups is 1. The molecule has 2 atom stereocenters. The summed E-state index contributed by atoms with van der Waals surface area (Å²) < 4.78 is 23.2. The fourth-order valence-corrected chi connectivity index (χ4v) is 4.05. The van der Waals surface area contributed by atoms with Crippen LogP contribution < -0.4 is 5.32 Å². The van der Waals surface area contributed by atoms with Crippen LogP contribution in [0.2, 0.25) is 0 Å². The molecule has 0 saturated carbocycles. The van der Waals surface area contributed by atoms with Crippen LogP contribution in [0.1, 0.15) is 25.8 Å². The van der Waals surface area contributed by atoms with E-state index < -0.39 is 9.84 Å². The molecule has 0 spiro atoms. The Morgan fingerprint density at radius 2 is 2.04 bits per heavy atom. The summed E-state index contributed by atoms with van der Waals surface area (Å²) in [5.74, 6) is 0.574. The second kappa shape index (κ2) is 7.81. The van der Waals surface area contributed by atoms with Crippen LogP contribution in [0.5, 0.6) is 0 Å². The van der Waals surface area contributed by atoms with Gasteiger partial charge in [-0.2, -0.15) is 0 Å². The molecular formula is C17H26N2O3S. The Morgan fingerprint density at radius 1 is 1.35 bits per heavy atom. The number of nitrogens with one attached hydrogen (secondary N) is 1. The third-order valence-corrected chi connectivity index (χ3v) is 6.14. The van der Waals surface area contributed by atoms with Gasteiger partial charge in [-0.3, -0.25) is 0 Å². The molecule has 128 valence electrons. The zero-order valence-corrected chi connectivity index (χ0v) is 14.7. The molecule has 0 aliphatic carbocycles. The third kappa shape index (κ3) is 5.53. The Morgan fingerprint density at radius 3 is 2.70 bits per heavy atom. The SMILES string of the molecule is CCS(=O)(=O)C[C@H](C)NC(=O)N1CC[C@H](Cc2ccccc2)C1. The molecule has 23 heavy (non-hydrogen) atoms. The van der Waals surface area contributed by atoms with Gasteiger partial charge in [0, 0.05) is 24.9 Å². The number of hydrogen-bond donors (Lipinski definition) is 1. The largest absolute Gasteiger partial charge is 0.335 e. The van der Waals surface area contributed by atoms with Crippen molar-refractivity contribution in [1.29, 1.82) is 0 Å². The van der Waals surface area contributed by atoms with Crippen LogP contribution in [0.4, 0.5) is 4.79 Å². The first-order valence-corrected chi connectivity index (χ1v) is 10.0. The van der Waals surface area contributed by atoms with E-state index in [1.165, 1.54) is 5.56 Å². The van der Waals surface area contributed by atoms with Crippen LogP contribution >= 0.6 is 0 Å². The topological polar surface area (TPSA) is 66.5 Å². The molecule has 0 radical (unpaired) electrons. The van der Waals surface area contributed by atoms with Gasteiger partial charge in [0.05, 0.1) is 5.75 Å². The van der Waals surface area contributed by atoms with Gasteiger partial charge in [0.25, 0.3) is 0 Å². The molecule has 1 aliphatic rings. The van der Waals surface area contributed by atoms with Crippen LogP contribution in [0, 0.1) is 5.92 Å². The average molecular weight is 338 g/mol. The standard InChI is InChI=1S/C17H26N2O3S/c1-3-23(21,22)13-14(2)18-17(20)19-10-9-16(12-19)11-15-7-5-4-6-8-15/h4-8,14,16H,3,9-13H2,1-2H3,(H,18,20)/t14-,16+/m0/s1. The normalized spacial score (nSPS) is 19.6. The number of likely N-dealkylation sites (tertiary alicyclic amines) is 1. The molecule has 1 N–H and O–H groups in total. The second-order valence-electron chi connectivity index (χ2n) is 6.34. The van der Waals surface area contributed by atoms with Crippen molar-refractivity contribution in [3.63, 3.8) is 0 Å². The summed E-state index contributed by atoms with van der Waals surface area (Å²) in [6, 6.07) is 9.78. The average Bonchev–Trinajstić information content (AvgIpc) is 2.96. The summed E-state index contributed by atoms with van der Waals surface area (Å²) in [6.45, 7) is 4.83. The second-order valence-corrected chi connectivity index (χ2v) is 8.74. The number of nitrogens with zero attached hydrogens (tertiary/aromatic N) is 1. The first-order valence-electron chi connectivity index (χ1n) is 8.19. The number of urea groups is 1. The number of amides is 2. The Hall–Kier alpha value is -1.56. The third-order valence-electron chi connectivity index (χ3n) is 4.25. The minimum atomic E-state index is -3.07. The molecule has 6 heteroatoms. The molecule has 1 aliphatic heterocycles. The Balaban J connectivity index is 1.80. The molecule has 0 bridgehead atoms. The highest BCUT2D eigenvalue weighted by Crippen LogP contribution is 2.20. The lowest BCUT2D eigenvalue weighted by Gasteiger charge is -2.21. The number of hydrogen-bond acceptors (Lipinski definition) is 3. The van der Waals surface area contributed by atoms with Crippen molar-refractivity contribution in [3.8, 4) is 0 Å². The van der Waals surface area contributed by atoms with Gasteiger partial charge in [0.2, 0.25) is 0 Å². The van der Waals surface area contributed by atoms with Crippen molar-refractivity contribution in [2.24, 2.45) is 5.92 Å². The van der Waals surface area contributed by atoms with E-state index in [0.717, 1.165) is 25.9 Å². The van der Waals surface area contributed by atoms with Crippen molar-refractivity contribution in [1.82, 2.24) is 10.2 Å². The molecule has 5 nitrogen and oxygen atoms in total. The Kier molecular flexibility index (Phi) is 6.04. The van der Waals surface area contributed by atoms with Gasteiger partial charge in [-0.25, -0.2) is 13.2 Å². The molecule has 1 heterocycles. The van der Waals surface area contributed by atoms with Crippen molar-refractivity contribution < 1.29 is 13.2 Å². The maximum atomic E-state index is 12.2. The maximum Gasteiger partial charge on any atom is 0.317 e. The number of carbonyl (C=O) groups is 1. The molecule has 0 unspecified atom stereocenters. The molecule has 1 saturated heterocycles. The number of carbonyl (C=O) groups excluding carboxylic acids is 1. The Bertz CT molecular complexity index is 616. The fraction of sp³-hybridized carbons (Fsp3) is 0.588. The van der Waals surface area contributed by atoms with E-state index in [4.69, 9.17) is 0 Å². The molecule has 2 amide bonds. The van der Waals surface area contributed by atoms with E-state index in [1.54, 1.807) is 18.7 Å². The zero-order valence-electron chi connectivity index (χ0n) is 13.9. The lowest BCUT2D eigenvalue weighted by molar-refractivity contribution is 0.204. The van der Waals surface area contributed by atoms with Gasteiger partial charge in [-0.1, -0.05) is 37.3 Å². The van der Waals surface area contributed by atoms with E-state index in [1.807, 2.05) is 18.2 Å². The van der Waals surface area contributed by atoms with Crippen LogP contribution in [0.25, 0.3) is 0 Å². The van der Waals surface area contributed by atoms with Crippen LogP contribution in [0.15, 0.2) is 30.3 Å². The smallest absolute Gasteiger partial charge is 0.317 e. The van der Waals surface area contributed by atoms with E-state index in [0.29, 0.717) is 5.92 Å². The lowest BCUT2D eigenvalue weighted by atomic mass is 9.99. The summed E-state index contributed by atoms with van der Waals surface area (Å²) in [7, 11) is -3.07. The lowest BCUT2D eigenvalue weighted by Crippen LogP contribution is -2.45. The van der Waals surface area contributed by atoms with Gasteiger partial charge < -0.3 is 10.2 Å². The maximum absolute atomic E-state index is 12.2. The highest BCUT2D eigenvalue weighted by molar-refractivity contribution is 7.91. The first kappa shape index (κ1) is 17.8. The van der Waals surface area contributed by atoms with Gasteiger partial charge >= 0.3 is 6.03 Å². The van der Waals surface area contributed by atoms with Crippen molar-refractivity contribution >= 4 is 15.9 Å². The van der Waals surface area contributed by atoms with Crippen molar-refractivity contribution in [2.45, 2.75) is 32.7 Å². The summed E-state index contributed by atoms with van der Waals surface area (Å²) in [5, 5.41) is 2.80. The summed E-state index contributed by atoms with van der Waals surface area (Å²) >= 11 is 0. The van der Waals surface area contributed by atoms with Crippen LogP contribution in [-0.4, -0.2) is 50.0 Å². The van der Waals surface area contributed by atoms with Crippen molar-refractivity contribution in [2.75, 3.05) is 24.6 Å². The van der Waals surface area contributed by atoms with Crippen LogP contribution in [-0.2, 0) is 16.3 Å². The van der Waals surface area contributed by atoms with Gasteiger partial charge in [-0.15, -0.1) is 0 Å². The van der Waals surface area contributed by atoms with E-state index in [2.05, 4.69) is 17.4 Å². The summed E-state index contributed by atoms with van der Waals surface area (Å²) in [6.07, 6.45) is 1.97. The number of benzene rings is 1. The predicted octanol–water partition coefficient (Wildman–Crippen LogP) is 2.08. The molecule has 1 aromatic carbocycles. The van der Waals surface area contributed by atoms with Gasteiger partial charge in [-0.05, 0) is 31.2 Å². The molecular weight excluding hydrogens is 312 g/mol. The number of rotatable bonds is 6. The monoisotopic (exact) mass is 338 g/mol. The van der Waals surface area contributed by atoms with E-state index >= 15 is 0 Å². The van der Waals surface area contributed by atoms with E-state index in [-0.39, 0.29) is 23.6 Å². The minimum Gasteiger partial charge on any atom is -0.335 e. The molecule has 1 aromatic rings. The summed E-state index contributed by atoms with van der Waals surface area (Å²) in [5.41, 5.74) is 1.29. The fourth-order valence-electron chi connectivity index (χ4n) is 2.97. The minimum absolute atomic E-state index is 0.00345. The van der Waals surface area contributed by atoms with E-state index in [9.17, 15) is 13.2 Å².